The summed E-state index contributed by atoms with van der Waals surface area (Å²) in [5.74, 6) is 0.0622. The maximum Gasteiger partial charge on any atom is 0.225 e. The molecule has 9 nitrogen and oxygen atoms in total. The number of halogens is 3. The molecule has 1 unspecified atom stereocenters. The second kappa shape index (κ2) is 12.4. The lowest BCUT2D eigenvalue weighted by Crippen LogP contribution is -2.41. The van der Waals surface area contributed by atoms with E-state index in [4.69, 9.17) is 38.9 Å². The molecule has 6 rings (SSSR count). The summed E-state index contributed by atoms with van der Waals surface area (Å²) in [6.07, 6.45) is 6.61. The highest BCUT2D eigenvalue weighted by Gasteiger charge is 2.30. The van der Waals surface area contributed by atoms with Crippen LogP contribution >= 0.6 is 23.2 Å². The molecule has 2 fully saturated rings. The van der Waals surface area contributed by atoms with E-state index in [1.807, 2.05) is 10.6 Å². The van der Waals surface area contributed by atoms with Crippen LogP contribution in [0.25, 0.3) is 11.2 Å². The molecule has 220 valence electrons. The van der Waals surface area contributed by atoms with E-state index < -0.39 is 5.82 Å². The highest BCUT2D eigenvalue weighted by molar-refractivity contribution is 6.39. The van der Waals surface area contributed by atoms with Crippen LogP contribution in [-0.4, -0.2) is 49.5 Å². The zero-order valence-electron chi connectivity index (χ0n) is 23.1. The molecule has 1 amide bonds. The van der Waals surface area contributed by atoms with Crippen LogP contribution in [0, 0.1) is 11.7 Å². The Morgan fingerprint density at radius 2 is 1.79 bits per heavy atom. The van der Waals surface area contributed by atoms with Crippen molar-refractivity contribution in [3.8, 4) is 0 Å². The molecule has 2 aliphatic rings. The van der Waals surface area contributed by atoms with Crippen LogP contribution in [0.5, 0.6) is 0 Å². The quantitative estimate of drug-likeness (QED) is 0.214. The summed E-state index contributed by atoms with van der Waals surface area (Å²) < 4.78 is 15.9. The fraction of sp³-hybridized carbons (Fsp3) is 0.400. The summed E-state index contributed by atoms with van der Waals surface area (Å²) >= 11 is 12.7. The SMILES string of the molecule is NC(=O)C1CCC(n2c(Nc3c(Cl)cc(F)cc3Cl)nc3cnc(NC4CCCN(Cc5ccccc5)C4)nc32)CC1. The van der Waals surface area contributed by atoms with Gasteiger partial charge in [-0.25, -0.2) is 14.4 Å². The number of amides is 1. The van der Waals surface area contributed by atoms with Gasteiger partial charge in [-0.2, -0.15) is 4.98 Å². The molecule has 3 heterocycles. The fourth-order valence-electron chi connectivity index (χ4n) is 6.13. The van der Waals surface area contributed by atoms with Crippen molar-refractivity contribution in [3.05, 3.63) is 70.1 Å². The monoisotopic (exact) mass is 610 g/mol. The van der Waals surface area contributed by atoms with Gasteiger partial charge < -0.3 is 16.4 Å². The van der Waals surface area contributed by atoms with Crippen molar-refractivity contribution in [2.75, 3.05) is 23.7 Å². The fourth-order valence-corrected chi connectivity index (χ4v) is 6.68. The van der Waals surface area contributed by atoms with Crippen LogP contribution in [0.1, 0.15) is 50.1 Å². The van der Waals surface area contributed by atoms with Crippen molar-refractivity contribution in [2.24, 2.45) is 11.7 Å². The van der Waals surface area contributed by atoms with E-state index >= 15 is 0 Å². The second-order valence-corrected chi connectivity index (χ2v) is 12.0. The molecular formula is C30H33Cl2FN8O. The standard InChI is InChI=1S/C30H33Cl2FN8O/c31-23-13-20(33)14-24(32)26(23)38-30-37-25-15-35-29(39-28(25)41(30)22-10-8-19(9-11-22)27(34)42)36-21-7-4-12-40(17-21)16-18-5-2-1-3-6-18/h1-3,5-6,13-15,19,21-22H,4,7-12,16-17H2,(H2,34,42)(H,37,38)(H,35,36,39). The number of aromatic nitrogens is 4. The van der Waals surface area contributed by atoms with E-state index in [2.05, 4.69) is 44.8 Å². The smallest absolute Gasteiger partial charge is 0.225 e. The normalized spacial score (nSPS) is 21.4. The predicted octanol–water partition coefficient (Wildman–Crippen LogP) is 6.31. The van der Waals surface area contributed by atoms with Gasteiger partial charge in [-0.1, -0.05) is 53.5 Å². The molecule has 0 bridgehead atoms. The highest BCUT2D eigenvalue weighted by Crippen LogP contribution is 2.39. The number of imidazole rings is 1. The molecule has 1 aliphatic carbocycles. The maximum absolute atomic E-state index is 13.9. The molecule has 0 spiro atoms. The molecule has 4 aromatic rings. The molecule has 1 saturated heterocycles. The van der Waals surface area contributed by atoms with Gasteiger partial charge in [0.15, 0.2) is 5.65 Å². The van der Waals surface area contributed by atoms with E-state index in [1.165, 1.54) is 17.7 Å². The largest absolute Gasteiger partial charge is 0.369 e. The second-order valence-electron chi connectivity index (χ2n) is 11.2. The number of piperidine rings is 1. The number of hydrogen-bond acceptors (Lipinski definition) is 7. The first-order valence-electron chi connectivity index (χ1n) is 14.3. The Balaban J connectivity index is 1.28. The van der Waals surface area contributed by atoms with Gasteiger partial charge in [0.1, 0.15) is 11.3 Å². The first-order valence-corrected chi connectivity index (χ1v) is 15.1. The molecule has 1 atom stereocenters. The predicted molar refractivity (Wildman–Crippen MR) is 164 cm³/mol. The number of primary amides is 1. The molecule has 12 heteroatoms. The molecule has 0 radical (unpaired) electrons. The number of carbonyl (C=O) groups excluding carboxylic acids is 1. The zero-order valence-corrected chi connectivity index (χ0v) is 24.6. The summed E-state index contributed by atoms with van der Waals surface area (Å²) in [6.45, 7) is 2.85. The Morgan fingerprint density at radius 3 is 2.50 bits per heavy atom. The maximum atomic E-state index is 13.9. The van der Waals surface area contributed by atoms with Gasteiger partial charge in [0.2, 0.25) is 17.8 Å². The van der Waals surface area contributed by atoms with Crippen molar-refractivity contribution in [2.45, 2.75) is 57.2 Å². The number of anilines is 3. The van der Waals surface area contributed by atoms with Crippen LogP contribution in [0.3, 0.4) is 0 Å². The molecular weight excluding hydrogens is 578 g/mol. The zero-order chi connectivity index (χ0) is 29.2. The molecule has 2 aromatic carbocycles. The van der Waals surface area contributed by atoms with Gasteiger partial charge in [0.25, 0.3) is 0 Å². The topological polar surface area (TPSA) is 114 Å². The van der Waals surface area contributed by atoms with Crippen molar-refractivity contribution in [3.63, 3.8) is 0 Å². The Kier molecular flexibility index (Phi) is 8.46. The van der Waals surface area contributed by atoms with E-state index in [1.54, 1.807) is 6.20 Å². The number of nitrogens with two attached hydrogens (primary N) is 1. The van der Waals surface area contributed by atoms with E-state index in [-0.39, 0.29) is 34.0 Å². The van der Waals surface area contributed by atoms with Gasteiger partial charge in [0, 0.05) is 31.1 Å². The number of nitrogens with zero attached hydrogens (tertiary/aromatic N) is 5. The third-order valence-corrected chi connectivity index (χ3v) is 8.82. The summed E-state index contributed by atoms with van der Waals surface area (Å²) in [5, 5.41) is 7.06. The average molecular weight is 612 g/mol. The van der Waals surface area contributed by atoms with Gasteiger partial charge in [-0.15, -0.1) is 0 Å². The third kappa shape index (κ3) is 6.30. The van der Waals surface area contributed by atoms with E-state index in [9.17, 15) is 9.18 Å². The van der Waals surface area contributed by atoms with Crippen LogP contribution in [0.2, 0.25) is 10.0 Å². The minimum Gasteiger partial charge on any atom is -0.369 e. The summed E-state index contributed by atoms with van der Waals surface area (Å²) in [6, 6.07) is 13.1. The van der Waals surface area contributed by atoms with Crippen LogP contribution in [0.4, 0.5) is 22.0 Å². The average Bonchev–Trinajstić information content (AvgIpc) is 3.33. The summed E-state index contributed by atoms with van der Waals surface area (Å²) in [4.78, 5) is 28.6. The van der Waals surface area contributed by atoms with E-state index in [0.717, 1.165) is 45.3 Å². The van der Waals surface area contributed by atoms with Crippen LogP contribution in [0.15, 0.2) is 48.7 Å². The molecule has 4 N–H and O–H groups in total. The van der Waals surface area contributed by atoms with Crippen LogP contribution < -0.4 is 16.4 Å². The van der Waals surface area contributed by atoms with Gasteiger partial charge >= 0.3 is 0 Å². The number of hydrogen-bond donors (Lipinski definition) is 3. The summed E-state index contributed by atoms with van der Waals surface area (Å²) in [5.41, 5.74) is 8.51. The molecule has 2 aromatic heterocycles. The van der Waals surface area contributed by atoms with Gasteiger partial charge in [0.05, 0.1) is 21.9 Å². The minimum absolute atomic E-state index is 0.00453. The Bertz CT molecular complexity index is 1550. The van der Waals surface area contributed by atoms with E-state index in [0.29, 0.717) is 41.6 Å². The first-order chi connectivity index (χ1) is 20.3. The molecule has 1 aliphatic heterocycles. The lowest BCUT2D eigenvalue weighted by atomic mass is 9.85. The Hall–Kier alpha value is -3.47. The van der Waals surface area contributed by atoms with Gasteiger partial charge in [-0.3, -0.25) is 14.3 Å². The first kappa shape index (κ1) is 28.6. The third-order valence-electron chi connectivity index (χ3n) is 8.23. The number of fused-ring (bicyclic) bond motifs is 1. The number of nitrogens with one attached hydrogen (secondary N) is 2. The van der Waals surface area contributed by atoms with Crippen molar-refractivity contribution < 1.29 is 9.18 Å². The molecule has 42 heavy (non-hydrogen) atoms. The molecule has 1 saturated carbocycles. The lowest BCUT2D eigenvalue weighted by molar-refractivity contribution is -0.122. The van der Waals surface area contributed by atoms with Crippen molar-refractivity contribution >= 4 is 57.9 Å². The van der Waals surface area contributed by atoms with Crippen molar-refractivity contribution in [1.29, 1.82) is 0 Å². The van der Waals surface area contributed by atoms with Crippen LogP contribution in [-0.2, 0) is 11.3 Å². The number of likely N-dealkylation sites (tertiary alicyclic amines) is 1. The Morgan fingerprint density at radius 1 is 1.05 bits per heavy atom. The Labute approximate surface area is 253 Å². The highest BCUT2D eigenvalue weighted by atomic mass is 35.5. The number of rotatable bonds is 8. The number of benzene rings is 2. The van der Waals surface area contributed by atoms with Crippen molar-refractivity contribution in [1.82, 2.24) is 24.4 Å². The number of carbonyl (C=O) groups is 1. The summed E-state index contributed by atoms with van der Waals surface area (Å²) in [7, 11) is 0. The van der Waals surface area contributed by atoms with Gasteiger partial charge in [-0.05, 0) is 62.8 Å². The minimum atomic E-state index is -0.527. The lowest BCUT2D eigenvalue weighted by Gasteiger charge is -2.33.